The Labute approximate surface area is 232 Å². The smallest absolute Gasteiger partial charge is 0.303 e. The van der Waals surface area contributed by atoms with Gasteiger partial charge < -0.3 is 25.7 Å². The van der Waals surface area contributed by atoms with E-state index in [1.54, 1.807) is 16.8 Å². The number of unbranched alkanes of at least 4 members (excludes halogenated alkanes) is 1. The number of hydrogen-bond acceptors (Lipinski definition) is 7. The number of carboxylic acids is 1. The van der Waals surface area contributed by atoms with Gasteiger partial charge in [0.05, 0.1) is 22.2 Å². The van der Waals surface area contributed by atoms with Crippen molar-refractivity contribution in [3.05, 3.63) is 41.0 Å². The molecule has 1 saturated heterocycles. The summed E-state index contributed by atoms with van der Waals surface area (Å²) in [6, 6.07) is 6.06. The van der Waals surface area contributed by atoms with Crippen LogP contribution in [0.25, 0.3) is 10.4 Å². The van der Waals surface area contributed by atoms with E-state index < -0.39 is 35.5 Å². The van der Waals surface area contributed by atoms with Crippen molar-refractivity contribution in [3.63, 3.8) is 0 Å². The van der Waals surface area contributed by atoms with E-state index in [4.69, 9.17) is 5.11 Å². The van der Waals surface area contributed by atoms with E-state index in [-0.39, 0.29) is 44.2 Å². The van der Waals surface area contributed by atoms with Crippen molar-refractivity contribution < 1.29 is 29.4 Å². The van der Waals surface area contributed by atoms with Gasteiger partial charge in [-0.05, 0) is 36.3 Å². The van der Waals surface area contributed by atoms with Crippen molar-refractivity contribution in [1.82, 2.24) is 20.5 Å². The van der Waals surface area contributed by atoms with E-state index in [1.807, 2.05) is 52.0 Å². The van der Waals surface area contributed by atoms with E-state index in [0.717, 1.165) is 21.7 Å². The molecule has 2 heterocycles. The van der Waals surface area contributed by atoms with Crippen LogP contribution in [0.1, 0.15) is 64.1 Å². The Morgan fingerprint density at radius 3 is 2.38 bits per heavy atom. The molecule has 0 bridgehead atoms. The monoisotopic (exact) mass is 558 g/mol. The Morgan fingerprint density at radius 1 is 1.13 bits per heavy atom. The summed E-state index contributed by atoms with van der Waals surface area (Å²) in [5.74, 6) is -2.07. The number of aryl methyl sites for hydroxylation is 1. The van der Waals surface area contributed by atoms with Crippen molar-refractivity contribution >= 4 is 35.0 Å². The Kier molecular flexibility index (Phi) is 10.2. The standard InChI is InChI=1S/C28H38N4O6S/c1-17-24(39-16-30-17)19-11-9-18(10-12-19)14-29-26(37)21-13-20(33)15-32(21)27(38)25(28(2,3)4)31-22(34)7-5-6-8-23(35)36/h9-12,16,20-21,25,33H,5-8,13-15H2,1-4H3,(H,29,37)(H,31,34)(H,35,36)/t20-,21+,25-/m1/s1. The van der Waals surface area contributed by atoms with Gasteiger partial charge in [-0.2, -0.15) is 0 Å². The number of likely N-dealkylation sites (tertiary alicyclic amines) is 1. The van der Waals surface area contributed by atoms with Gasteiger partial charge in [0, 0.05) is 32.4 Å². The second-order valence-electron chi connectivity index (χ2n) is 11.0. The summed E-state index contributed by atoms with van der Waals surface area (Å²) in [5, 5.41) is 24.8. The van der Waals surface area contributed by atoms with Gasteiger partial charge in [-0.15, -0.1) is 11.3 Å². The molecule has 0 unspecified atom stereocenters. The number of aliphatic hydroxyl groups excluding tert-OH is 1. The molecule has 3 atom stereocenters. The molecule has 3 rings (SSSR count). The molecule has 1 aliphatic rings. The van der Waals surface area contributed by atoms with Crippen molar-refractivity contribution in [2.24, 2.45) is 5.41 Å². The molecule has 0 spiro atoms. The van der Waals surface area contributed by atoms with Crippen LogP contribution >= 0.6 is 11.3 Å². The summed E-state index contributed by atoms with van der Waals surface area (Å²) in [7, 11) is 0. The van der Waals surface area contributed by atoms with E-state index in [0.29, 0.717) is 12.8 Å². The van der Waals surface area contributed by atoms with Gasteiger partial charge in [-0.1, -0.05) is 45.0 Å². The van der Waals surface area contributed by atoms with Crippen LogP contribution in [0.5, 0.6) is 0 Å². The van der Waals surface area contributed by atoms with Gasteiger partial charge in [0.15, 0.2) is 0 Å². The van der Waals surface area contributed by atoms with Crippen LogP contribution in [0.15, 0.2) is 29.8 Å². The predicted octanol–water partition coefficient (Wildman–Crippen LogP) is 2.87. The number of aromatic nitrogens is 1. The summed E-state index contributed by atoms with van der Waals surface area (Å²) >= 11 is 1.57. The largest absolute Gasteiger partial charge is 0.481 e. The van der Waals surface area contributed by atoms with Crippen LogP contribution in [0.4, 0.5) is 0 Å². The number of nitrogens with one attached hydrogen (secondary N) is 2. The number of aliphatic hydroxyl groups is 1. The number of rotatable bonds is 11. The zero-order valence-electron chi connectivity index (χ0n) is 22.9. The molecular formula is C28H38N4O6S. The molecule has 10 nitrogen and oxygen atoms in total. The highest BCUT2D eigenvalue weighted by Gasteiger charge is 2.44. The van der Waals surface area contributed by atoms with E-state index >= 15 is 0 Å². The fraction of sp³-hybridized carbons (Fsp3) is 0.536. The second kappa shape index (κ2) is 13.2. The third-order valence-electron chi connectivity index (χ3n) is 6.76. The van der Waals surface area contributed by atoms with Gasteiger partial charge in [0.25, 0.3) is 0 Å². The first-order chi connectivity index (χ1) is 18.4. The Morgan fingerprint density at radius 2 is 1.79 bits per heavy atom. The highest BCUT2D eigenvalue weighted by molar-refractivity contribution is 7.13. The van der Waals surface area contributed by atoms with Gasteiger partial charge in [0.1, 0.15) is 12.1 Å². The zero-order chi connectivity index (χ0) is 28.7. The van der Waals surface area contributed by atoms with Crippen molar-refractivity contribution in [2.75, 3.05) is 6.54 Å². The van der Waals surface area contributed by atoms with Crippen LogP contribution in [-0.4, -0.2) is 68.5 Å². The van der Waals surface area contributed by atoms with Crippen molar-refractivity contribution in [2.45, 2.75) is 84.5 Å². The minimum Gasteiger partial charge on any atom is -0.481 e. The molecule has 0 saturated carbocycles. The molecule has 0 aliphatic carbocycles. The van der Waals surface area contributed by atoms with Crippen LogP contribution in [-0.2, 0) is 25.7 Å². The summed E-state index contributed by atoms with van der Waals surface area (Å²) in [4.78, 5) is 56.7. The molecule has 2 aromatic rings. The number of carbonyl (C=O) groups excluding carboxylic acids is 3. The molecule has 3 amide bonds. The summed E-state index contributed by atoms with van der Waals surface area (Å²) < 4.78 is 0. The number of thiazole rings is 1. The molecule has 1 aliphatic heterocycles. The van der Waals surface area contributed by atoms with Crippen LogP contribution in [0.2, 0.25) is 0 Å². The lowest BCUT2D eigenvalue weighted by Crippen LogP contribution is -2.57. The number of carboxylic acid groups (broad SMARTS) is 1. The Bertz CT molecular complexity index is 1170. The van der Waals surface area contributed by atoms with Crippen molar-refractivity contribution in [1.29, 1.82) is 0 Å². The number of β-amino-alcohol motifs (C(OH)–C–C–N with tert-alkyl or cyclic N) is 1. The number of nitrogens with zero attached hydrogens (tertiary/aromatic N) is 2. The minimum atomic E-state index is -0.918. The van der Waals surface area contributed by atoms with Gasteiger partial charge in [-0.3, -0.25) is 19.2 Å². The number of amides is 3. The average Bonchev–Trinajstić information content (AvgIpc) is 3.48. The van der Waals surface area contributed by atoms with Crippen LogP contribution in [0.3, 0.4) is 0 Å². The minimum absolute atomic E-state index is 0.000872. The van der Waals surface area contributed by atoms with Crippen LogP contribution < -0.4 is 10.6 Å². The first-order valence-corrected chi connectivity index (χ1v) is 14.0. The van der Waals surface area contributed by atoms with Crippen LogP contribution in [0, 0.1) is 12.3 Å². The topological polar surface area (TPSA) is 149 Å². The van der Waals surface area contributed by atoms with E-state index in [2.05, 4.69) is 15.6 Å². The molecule has 212 valence electrons. The number of hydrogen-bond donors (Lipinski definition) is 4. The quantitative estimate of drug-likeness (QED) is 0.310. The molecule has 39 heavy (non-hydrogen) atoms. The maximum absolute atomic E-state index is 13.6. The molecule has 11 heteroatoms. The maximum atomic E-state index is 13.6. The third kappa shape index (κ3) is 8.34. The molecule has 0 radical (unpaired) electrons. The lowest BCUT2D eigenvalue weighted by atomic mass is 9.85. The van der Waals surface area contributed by atoms with Crippen molar-refractivity contribution in [3.8, 4) is 10.4 Å². The first kappa shape index (κ1) is 30.2. The highest BCUT2D eigenvalue weighted by Crippen LogP contribution is 2.28. The normalized spacial score (nSPS) is 18.0. The van der Waals surface area contributed by atoms with E-state index in [1.165, 1.54) is 4.90 Å². The van der Waals surface area contributed by atoms with Gasteiger partial charge in [0.2, 0.25) is 17.7 Å². The maximum Gasteiger partial charge on any atom is 0.303 e. The lowest BCUT2D eigenvalue weighted by molar-refractivity contribution is -0.144. The predicted molar refractivity (Wildman–Crippen MR) is 148 cm³/mol. The summed E-state index contributed by atoms with van der Waals surface area (Å²) in [6.45, 7) is 7.69. The highest BCUT2D eigenvalue weighted by atomic mass is 32.1. The summed E-state index contributed by atoms with van der Waals surface area (Å²) in [6.07, 6.45) is 0.0982. The Hall–Kier alpha value is -3.31. The zero-order valence-corrected chi connectivity index (χ0v) is 23.7. The molecule has 1 aromatic carbocycles. The fourth-order valence-corrected chi connectivity index (χ4v) is 5.39. The van der Waals surface area contributed by atoms with E-state index in [9.17, 15) is 24.3 Å². The van der Waals surface area contributed by atoms with Gasteiger partial charge in [-0.25, -0.2) is 4.98 Å². The number of aliphatic carboxylic acids is 1. The SMILES string of the molecule is Cc1ncsc1-c1ccc(CNC(=O)[C@@H]2C[C@@H](O)CN2C(=O)[C@@H](NC(=O)CCCCC(=O)O)C(C)(C)C)cc1. The summed E-state index contributed by atoms with van der Waals surface area (Å²) in [5.41, 5.74) is 4.07. The second-order valence-corrected chi connectivity index (χ2v) is 11.9. The third-order valence-corrected chi connectivity index (χ3v) is 7.73. The first-order valence-electron chi connectivity index (χ1n) is 13.1. The lowest BCUT2D eigenvalue weighted by Gasteiger charge is -2.35. The number of benzene rings is 1. The Balaban J connectivity index is 1.62. The number of carbonyl (C=O) groups is 4. The molecule has 1 fully saturated rings. The molecule has 4 N–H and O–H groups in total. The molecular weight excluding hydrogens is 520 g/mol. The molecule has 1 aromatic heterocycles. The van der Waals surface area contributed by atoms with Gasteiger partial charge >= 0.3 is 5.97 Å². The average molecular weight is 559 g/mol. The fourth-order valence-electron chi connectivity index (χ4n) is 4.58.